The van der Waals surface area contributed by atoms with Gasteiger partial charge in [-0.25, -0.2) is 4.79 Å². The first-order chi connectivity index (χ1) is 9.43. The Kier molecular flexibility index (Phi) is 6.44. The van der Waals surface area contributed by atoms with Crippen molar-refractivity contribution in [3.63, 3.8) is 0 Å². The SMILES string of the molecule is COc1cc(C(=O)O)ccc1COCC(O)NC(C)C. The Morgan fingerprint density at radius 3 is 2.65 bits per heavy atom. The lowest BCUT2D eigenvalue weighted by Gasteiger charge is -2.16. The van der Waals surface area contributed by atoms with Crippen LogP contribution >= 0.6 is 0 Å². The fourth-order valence-corrected chi connectivity index (χ4v) is 1.71. The van der Waals surface area contributed by atoms with E-state index < -0.39 is 12.2 Å². The summed E-state index contributed by atoms with van der Waals surface area (Å²) in [4.78, 5) is 10.9. The highest BCUT2D eigenvalue weighted by atomic mass is 16.5. The summed E-state index contributed by atoms with van der Waals surface area (Å²) in [6.07, 6.45) is -0.737. The van der Waals surface area contributed by atoms with E-state index >= 15 is 0 Å². The molecule has 112 valence electrons. The molecule has 0 aliphatic carbocycles. The minimum atomic E-state index is -1.01. The van der Waals surface area contributed by atoms with Crippen molar-refractivity contribution in [3.05, 3.63) is 29.3 Å². The number of methoxy groups -OCH3 is 1. The van der Waals surface area contributed by atoms with Crippen molar-refractivity contribution >= 4 is 5.97 Å². The minimum absolute atomic E-state index is 0.141. The number of benzene rings is 1. The van der Waals surface area contributed by atoms with Gasteiger partial charge in [0.25, 0.3) is 0 Å². The van der Waals surface area contributed by atoms with E-state index in [0.29, 0.717) is 5.75 Å². The quantitative estimate of drug-likeness (QED) is 0.622. The van der Waals surface area contributed by atoms with E-state index in [-0.39, 0.29) is 24.8 Å². The van der Waals surface area contributed by atoms with Crippen molar-refractivity contribution in [3.8, 4) is 5.75 Å². The Balaban J connectivity index is 2.57. The van der Waals surface area contributed by atoms with Gasteiger partial charge in [0.15, 0.2) is 0 Å². The number of carboxylic acid groups (broad SMARTS) is 1. The molecule has 0 aliphatic rings. The number of aliphatic hydroxyl groups excluding tert-OH is 1. The van der Waals surface area contributed by atoms with Gasteiger partial charge in [0.2, 0.25) is 0 Å². The largest absolute Gasteiger partial charge is 0.496 e. The van der Waals surface area contributed by atoms with E-state index in [1.807, 2.05) is 13.8 Å². The summed E-state index contributed by atoms with van der Waals surface area (Å²) in [5.41, 5.74) is 0.890. The van der Waals surface area contributed by atoms with E-state index in [1.54, 1.807) is 6.07 Å². The van der Waals surface area contributed by atoms with Gasteiger partial charge in [-0.15, -0.1) is 0 Å². The predicted octanol–water partition coefficient (Wildman–Crippen LogP) is 1.23. The number of aliphatic hydroxyl groups is 1. The smallest absolute Gasteiger partial charge is 0.335 e. The Morgan fingerprint density at radius 1 is 1.40 bits per heavy atom. The zero-order valence-corrected chi connectivity index (χ0v) is 11.9. The molecule has 0 saturated heterocycles. The number of carbonyl (C=O) groups is 1. The van der Waals surface area contributed by atoms with Gasteiger partial charge in [0, 0.05) is 11.6 Å². The van der Waals surface area contributed by atoms with Gasteiger partial charge in [-0.1, -0.05) is 6.07 Å². The third-order valence-corrected chi connectivity index (χ3v) is 2.59. The molecular formula is C14H21NO5. The average molecular weight is 283 g/mol. The normalized spacial score (nSPS) is 12.4. The summed E-state index contributed by atoms with van der Waals surface area (Å²) in [5.74, 6) is -0.552. The Bertz CT molecular complexity index is 447. The van der Waals surface area contributed by atoms with Gasteiger partial charge >= 0.3 is 5.97 Å². The number of nitrogens with one attached hydrogen (secondary N) is 1. The maximum absolute atomic E-state index is 10.9. The summed E-state index contributed by atoms with van der Waals surface area (Å²) in [7, 11) is 1.47. The molecule has 0 amide bonds. The number of ether oxygens (including phenoxy) is 2. The topological polar surface area (TPSA) is 88.0 Å². The summed E-state index contributed by atoms with van der Waals surface area (Å²) < 4.78 is 10.5. The fraction of sp³-hybridized carbons (Fsp3) is 0.500. The molecule has 0 radical (unpaired) electrons. The molecule has 20 heavy (non-hydrogen) atoms. The molecule has 6 nitrogen and oxygen atoms in total. The number of aromatic carboxylic acids is 1. The molecule has 0 saturated carbocycles. The van der Waals surface area contributed by atoms with Gasteiger partial charge in [0.05, 0.1) is 25.9 Å². The van der Waals surface area contributed by atoms with Crippen molar-refractivity contribution in [1.29, 1.82) is 0 Å². The van der Waals surface area contributed by atoms with E-state index in [0.717, 1.165) is 5.56 Å². The number of hydrogen-bond donors (Lipinski definition) is 3. The molecule has 1 unspecified atom stereocenters. The van der Waals surface area contributed by atoms with Gasteiger partial charge in [-0.3, -0.25) is 5.32 Å². The third-order valence-electron chi connectivity index (χ3n) is 2.59. The standard InChI is InChI=1S/C14H21NO5/c1-9(2)15-13(16)8-20-7-11-5-4-10(14(17)18)6-12(11)19-3/h4-6,9,13,15-16H,7-8H2,1-3H3,(H,17,18). The number of hydrogen-bond acceptors (Lipinski definition) is 5. The highest BCUT2D eigenvalue weighted by molar-refractivity contribution is 5.88. The van der Waals surface area contributed by atoms with Crippen LogP contribution in [0.2, 0.25) is 0 Å². The molecule has 6 heteroatoms. The molecule has 0 aromatic heterocycles. The molecule has 0 fully saturated rings. The molecule has 0 heterocycles. The van der Waals surface area contributed by atoms with Crippen LogP contribution in [-0.2, 0) is 11.3 Å². The summed E-state index contributed by atoms with van der Waals surface area (Å²) >= 11 is 0. The number of carboxylic acids is 1. The second kappa shape index (κ2) is 7.84. The molecule has 3 N–H and O–H groups in total. The van der Waals surface area contributed by atoms with Crippen LogP contribution in [0.4, 0.5) is 0 Å². The van der Waals surface area contributed by atoms with Gasteiger partial charge < -0.3 is 19.7 Å². The van der Waals surface area contributed by atoms with Crippen LogP contribution in [0.25, 0.3) is 0 Å². The molecule has 0 spiro atoms. The van der Waals surface area contributed by atoms with Gasteiger partial charge in [-0.2, -0.15) is 0 Å². The van der Waals surface area contributed by atoms with Crippen molar-refractivity contribution in [2.24, 2.45) is 0 Å². The van der Waals surface area contributed by atoms with Gasteiger partial charge in [-0.05, 0) is 26.0 Å². The lowest BCUT2D eigenvalue weighted by molar-refractivity contribution is 0.00687. The summed E-state index contributed by atoms with van der Waals surface area (Å²) in [6, 6.07) is 4.75. The van der Waals surface area contributed by atoms with Crippen LogP contribution in [0.15, 0.2) is 18.2 Å². The van der Waals surface area contributed by atoms with Crippen LogP contribution in [0, 0.1) is 0 Å². The van der Waals surface area contributed by atoms with Crippen molar-refractivity contribution in [2.45, 2.75) is 32.7 Å². The van der Waals surface area contributed by atoms with E-state index in [9.17, 15) is 9.90 Å². The van der Waals surface area contributed by atoms with E-state index in [1.165, 1.54) is 19.2 Å². The molecular weight excluding hydrogens is 262 g/mol. The molecule has 1 rings (SSSR count). The van der Waals surface area contributed by atoms with Crippen LogP contribution in [-0.4, -0.2) is 42.2 Å². The van der Waals surface area contributed by atoms with Crippen molar-refractivity contribution in [1.82, 2.24) is 5.32 Å². The maximum atomic E-state index is 10.9. The lowest BCUT2D eigenvalue weighted by atomic mass is 10.1. The second-order valence-corrected chi connectivity index (χ2v) is 4.68. The predicted molar refractivity (Wildman–Crippen MR) is 73.9 cm³/mol. The highest BCUT2D eigenvalue weighted by Crippen LogP contribution is 2.21. The van der Waals surface area contributed by atoms with Crippen molar-refractivity contribution < 1.29 is 24.5 Å². The van der Waals surface area contributed by atoms with E-state index in [4.69, 9.17) is 14.6 Å². The first kappa shape index (κ1) is 16.4. The molecule has 1 atom stereocenters. The van der Waals surface area contributed by atoms with Crippen LogP contribution in [0.3, 0.4) is 0 Å². The lowest BCUT2D eigenvalue weighted by Crippen LogP contribution is -2.37. The zero-order valence-electron chi connectivity index (χ0n) is 11.9. The fourth-order valence-electron chi connectivity index (χ4n) is 1.71. The number of rotatable bonds is 8. The monoisotopic (exact) mass is 283 g/mol. The van der Waals surface area contributed by atoms with Crippen LogP contribution in [0.1, 0.15) is 29.8 Å². The second-order valence-electron chi connectivity index (χ2n) is 4.68. The molecule has 1 aromatic carbocycles. The van der Waals surface area contributed by atoms with Crippen LogP contribution in [0.5, 0.6) is 5.75 Å². The Morgan fingerprint density at radius 2 is 2.10 bits per heavy atom. The average Bonchev–Trinajstić information content (AvgIpc) is 2.37. The first-order valence-electron chi connectivity index (χ1n) is 6.36. The summed E-state index contributed by atoms with van der Waals surface area (Å²) in [6.45, 7) is 4.23. The Hall–Kier alpha value is -1.63. The zero-order chi connectivity index (χ0) is 15.1. The summed E-state index contributed by atoms with van der Waals surface area (Å²) in [5, 5.41) is 21.4. The Labute approximate surface area is 118 Å². The molecule has 0 aliphatic heterocycles. The van der Waals surface area contributed by atoms with Gasteiger partial charge in [0.1, 0.15) is 12.0 Å². The van der Waals surface area contributed by atoms with E-state index in [2.05, 4.69) is 5.32 Å². The van der Waals surface area contributed by atoms with Crippen LogP contribution < -0.4 is 10.1 Å². The highest BCUT2D eigenvalue weighted by Gasteiger charge is 2.10. The first-order valence-corrected chi connectivity index (χ1v) is 6.36. The molecule has 1 aromatic rings. The minimum Gasteiger partial charge on any atom is -0.496 e. The maximum Gasteiger partial charge on any atom is 0.335 e. The third kappa shape index (κ3) is 5.16. The molecule has 0 bridgehead atoms. The van der Waals surface area contributed by atoms with Crippen molar-refractivity contribution in [2.75, 3.05) is 13.7 Å².